The van der Waals surface area contributed by atoms with E-state index >= 15 is 0 Å². The molecule has 0 aliphatic rings. The van der Waals surface area contributed by atoms with E-state index in [4.69, 9.17) is 13.9 Å². The third kappa shape index (κ3) is 4.08. The summed E-state index contributed by atoms with van der Waals surface area (Å²) >= 11 is 0. The molecule has 0 radical (unpaired) electrons. The molecule has 0 N–H and O–H groups in total. The zero-order valence-corrected chi connectivity index (χ0v) is 14.6. The summed E-state index contributed by atoms with van der Waals surface area (Å²) in [6.45, 7) is -2.95. The van der Waals surface area contributed by atoms with Crippen LogP contribution < -0.4 is 14.2 Å². The monoisotopic (exact) mass is 374 g/mol. The first-order valence-electron chi connectivity index (χ1n) is 7.93. The van der Waals surface area contributed by atoms with E-state index < -0.39 is 6.61 Å². The van der Waals surface area contributed by atoms with Crippen molar-refractivity contribution < 1.29 is 32.2 Å². The van der Waals surface area contributed by atoms with E-state index in [-0.39, 0.29) is 23.0 Å². The van der Waals surface area contributed by atoms with Crippen molar-refractivity contribution in [1.82, 2.24) is 0 Å². The van der Waals surface area contributed by atoms with Gasteiger partial charge in [0.15, 0.2) is 28.6 Å². The van der Waals surface area contributed by atoms with Crippen LogP contribution in [0, 0.1) is 0 Å². The van der Waals surface area contributed by atoms with Crippen molar-refractivity contribution in [3.05, 3.63) is 59.9 Å². The lowest BCUT2D eigenvalue weighted by atomic mass is 10.1. The smallest absolute Gasteiger partial charge is 0.387 e. The maximum Gasteiger partial charge on any atom is 0.387 e. The van der Waals surface area contributed by atoms with Crippen molar-refractivity contribution in [1.29, 1.82) is 0 Å². The molecule has 0 saturated heterocycles. The Bertz CT molecular complexity index is 991. The third-order valence-corrected chi connectivity index (χ3v) is 3.80. The lowest BCUT2D eigenvalue weighted by Crippen LogP contribution is -2.03. The SMILES string of the molecule is COc1cc(/C=C/C(=O)c2cc3cccc(OC)c3o2)ccc1OC(F)F. The Balaban J connectivity index is 1.82. The predicted molar refractivity (Wildman–Crippen MR) is 95.8 cm³/mol. The molecule has 0 aliphatic carbocycles. The average molecular weight is 374 g/mol. The number of furan rings is 1. The van der Waals surface area contributed by atoms with Crippen molar-refractivity contribution in [2.45, 2.75) is 6.61 Å². The number of halogens is 2. The van der Waals surface area contributed by atoms with Gasteiger partial charge >= 0.3 is 6.61 Å². The van der Waals surface area contributed by atoms with E-state index in [0.29, 0.717) is 16.9 Å². The highest BCUT2D eigenvalue weighted by Crippen LogP contribution is 2.31. The Hall–Kier alpha value is -3.35. The van der Waals surface area contributed by atoms with Crippen LogP contribution in [0.5, 0.6) is 17.2 Å². The molecule has 7 heteroatoms. The summed E-state index contributed by atoms with van der Waals surface area (Å²) < 4.78 is 44.9. The Morgan fingerprint density at radius 3 is 2.52 bits per heavy atom. The molecule has 1 heterocycles. The molecule has 140 valence electrons. The van der Waals surface area contributed by atoms with Crippen LogP contribution in [0.2, 0.25) is 0 Å². The van der Waals surface area contributed by atoms with Crippen LogP contribution in [-0.4, -0.2) is 26.6 Å². The Morgan fingerprint density at radius 1 is 1.04 bits per heavy atom. The number of methoxy groups -OCH3 is 2. The number of carbonyl (C=O) groups excluding carboxylic acids is 1. The number of hydrogen-bond donors (Lipinski definition) is 0. The molecule has 3 aromatic rings. The third-order valence-electron chi connectivity index (χ3n) is 3.80. The molecular formula is C20H16F2O5. The highest BCUT2D eigenvalue weighted by atomic mass is 19.3. The van der Waals surface area contributed by atoms with E-state index in [0.717, 1.165) is 5.39 Å². The molecule has 2 aromatic carbocycles. The molecule has 0 saturated carbocycles. The maximum absolute atomic E-state index is 12.4. The fraction of sp³-hybridized carbons (Fsp3) is 0.150. The topological polar surface area (TPSA) is 57.9 Å². The molecule has 0 aliphatic heterocycles. The fourth-order valence-electron chi connectivity index (χ4n) is 2.55. The quantitative estimate of drug-likeness (QED) is 0.433. The summed E-state index contributed by atoms with van der Waals surface area (Å²) in [6, 6.07) is 11.4. The number of ether oxygens (including phenoxy) is 3. The van der Waals surface area contributed by atoms with Crippen LogP contribution in [0.4, 0.5) is 8.78 Å². The van der Waals surface area contributed by atoms with Crippen LogP contribution >= 0.6 is 0 Å². The molecule has 0 bridgehead atoms. The van der Waals surface area contributed by atoms with E-state index in [2.05, 4.69) is 4.74 Å². The number of fused-ring (bicyclic) bond motifs is 1. The molecule has 0 spiro atoms. The van der Waals surface area contributed by atoms with Crippen molar-refractivity contribution >= 4 is 22.8 Å². The maximum atomic E-state index is 12.4. The second-order valence-corrected chi connectivity index (χ2v) is 5.48. The fourth-order valence-corrected chi connectivity index (χ4v) is 2.55. The molecule has 5 nitrogen and oxygen atoms in total. The molecule has 0 fully saturated rings. The molecular weight excluding hydrogens is 358 g/mol. The van der Waals surface area contributed by atoms with Crippen molar-refractivity contribution in [2.75, 3.05) is 14.2 Å². The number of allylic oxidation sites excluding steroid dienone is 1. The van der Waals surface area contributed by atoms with Gasteiger partial charge in [0.1, 0.15) is 0 Å². The van der Waals surface area contributed by atoms with Crippen molar-refractivity contribution in [3.63, 3.8) is 0 Å². The van der Waals surface area contributed by atoms with E-state index in [1.165, 1.54) is 44.6 Å². The number of rotatable bonds is 7. The van der Waals surface area contributed by atoms with Crippen LogP contribution in [0.25, 0.3) is 17.0 Å². The van der Waals surface area contributed by atoms with Crippen LogP contribution in [0.1, 0.15) is 16.1 Å². The van der Waals surface area contributed by atoms with E-state index in [1.807, 2.05) is 6.07 Å². The van der Waals surface area contributed by atoms with Gasteiger partial charge in [-0.25, -0.2) is 0 Å². The van der Waals surface area contributed by atoms with Crippen LogP contribution in [-0.2, 0) is 0 Å². The van der Waals surface area contributed by atoms with Gasteiger partial charge in [0.25, 0.3) is 0 Å². The van der Waals surface area contributed by atoms with Crippen molar-refractivity contribution in [3.8, 4) is 17.2 Å². The number of ketones is 1. The van der Waals surface area contributed by atoms with Gasteiger partial charge in [-0.1, -0.05) is 24.3 Å². The van der Waals surface area contributed by atoms with Gasteiger partial charge in [-0.05, 0) is 35.9 Å². The molecule has 3 rings (SSSR count). The highest BCUT2D eigenvalue weighted by Gasteiger charge is 2.13. The van der Waals surface area contributed by atoms with Gasteiger partial charge in [-0.3, -0.25) is 4.79 Å². The van der Waals surface area contributed by atoms with E-state index in [9.17, 15) is 13.6 Å². The van der Waals surface area contributed by atoms with Crippen LogP contribution in [0.15, 0.2) is 53.0 Å². The zero-order chi connectivity index (χ0) is 19.4. The molecule has 0 atom stereocenters. The summed E-state index contributed by atoms with van der Waals surface area (Å²) in [5.74, 6) is 0.407. The number of carbonyl (C=O) groups is 1. The highest BCUT2D eigenvalue weighted by molar-refractivity contribution is 6.07. The number of benzene rings is 2. The van der Waals surface area contributed by atoms with Gasteiger partial charge in [-0.2, -0.15) is 8.78 Å². The zero-order valence-electron chi connectivity index (χ0n) is 14.6. The molecule has 0 amide bonds. The summed E-state index contributed by atoms with van der Waals surface area (Å²) in [5.41, 5.74) is 1.07. The minimum atomic E-state index is -2.95. The Kier molecular flexibility index (Phi) is 5.40. The largest absolute Gasteiger partial charge is 0.493 e. The Labute approximate surface area is 153 Å². The molecule has 27 heavy (non-hydrogen) atoms. The minimum Gasteiger partial charge on any atom is -0.493 e. The first-order valence-corrected chi connectivity index (χ1v) is 7.93. The lowest BCUT2D eigenvalue weighted by Gasteiger charge is -2.10. The standard InChI is InChI=1S/C20H16F2O5/c1-24-16-5-3-4-13-11-17(26-19(13)16)14(23)8-6-12-7-9-15(27-20(21)22)18(10-12)25-2/h3-11,20H,1-2H3/b8-6+. The summed E-state index contributed by atoms with van der Waals surface area (Å²) in [4.78, 5) is 12.4. The summed E-state index contributed by atoms with van der Waals surface area (Å²) in [7, 11) is 2.86. The van der Waals surface area contributed by atoms with Crippen LogP contribution in [0.3, 0.4) is 0 Å². The first kappa shape index (κ1) is 18.4. The van der Waals surface area contributed by atoms with E-state index in [1.54, 1.807) is 18.2 Å². The molecule has 1 aromatic heterocycles. The second kappa shape index (κ2) is 7.90. The normalized spacial score (nSPS) is 11.3. The number of hydrogen-bond acceptors (Lipinski definition) is 5. The van der Waals surface area contributed by atoms with Gasteiger partial charge in [0.2, 0.25) is 5.78 Å². The number of para-hydroxylation sites is 1. The predicted octanol–water partition coefficient (Wildman–Crippen LogP) is 4.95. The first-order chi connectivity index (χ1) is 13.0. The second-order valence-electron chi connectivity index (χ2n) is 5.48. The van der Waals surface area contributed by atoms with Gasteiger partial charge in [0, 0.05) is 5.39 Å². The number of alkyl halides is 2. The average Bonchev–Trinajstić information content (AvgIpc) is 3.10. The van der Waals surface area contributed by atoms with Crippen molar-refractivity contribution in [2.24, 2.45) is 0 Å². The van der Waals surface area contributed by atoms with Gasteiger partial charge in [-0.15, -0.1) is 0 Å². The summed E-state index contributed by atoms with van der Waals surface area (Å²) in [6.07, 6.45) is 2.86. The minimum absolute atomic E-state index is 0.0830. The van der Waals surface area contributed by atoms with Gasteiger partial charge < -0.3 is 18.6 Å². The Morgan fingerprint density at radius 2 is 1.81 bits per heavy atom. The van der Waals surface area contributed by atoms with Gasteiger partial charge in [0.05, 0.1) is 14.2 Å². The molecule has 0 unspecified atom stereocenters. The summed E-state index contributed by atoms with van der Waals surface area (Å²) in [5, 5.41) is 0.751. The lowest BCUT2D eigenvalue weighted by molar-refractivity contribution is -0.0512.